The molecule has 0 aromatic heterocycles. The Morgan fingerprint density at radius 3 is 0.932 bits per heavy atom. The number of unbranched alkanes of at least 4 members (excludes halogenated alkanes) is 2. The average molecular weight is 963 g/mol. The molecule has 0 bridgehead atoms. The minimum Gasteiger partial charge on any atom is -0.313 e. The first kappa shape index (κ1) is 51.3. The van der Waals surface area contributed by atoms with E-state index in [4.69, 9.17) is 35.3 Å². The molecule has 4 aliphatic rings. The van der Waals surface area contributed by atoms with Gasteiger partial charge in [-0.3, -0.25) is 16.7 Å². The Balaban J connectivity index is 1.31. The lowest BCUT2D eigenvalue weighted by Gasteiger charge is -2.26. The van der Waals surface area contributed by atoms with E-state index in [2.05, 4.69) is 0 Å². The third-order valence-electron chi connectivity index (χ3n) is 10.8. The molecule has 0 amide bonds. The Kier molecular flexibility index (Phi) is 21.5. The number of hydrogen-bond acceptors (Lipinski definition) is 18. The largest absolute Gasteiger partial charge is 0.511 e. The lowest BCUT2D eigenvalue weighted by atomic mass is 9.98. The standard InChI is InChI=1S/C35H64O18P2S4/c1-28(56(38,39)50-30-18-8-3-9-19-30)46-34(58(42,43)52-32-22-12-5-13-23-32)48-54(36)26-16-7-17-27-55(37)49-35(59(44,45)53-33-24-14-6-15-25-33)47-29(2)57(40,41)51-31-20-10-4-11-21-31/h28-35H,3-27H2,1-2H3/q+2. The third kappa shape index (κ3) is 18.0. The van der Waals surface area contributed by atoms with E-state index in [1.165, 1.54) is 0 Å². The van der Waals surface area contributed by atoms with Crippen molar-refractivity contribution in [1.29, 1.82) is 0 Å². The molecule has 4 fully saturated rings. The molecular weight excluding hydrogens is 899 g/mol. The van der Waals surface area contributed by atoms with E-state index in [9.17, 15) is 42.8 Å². The van der Waals surface area contributed by atoms with Gasteiger partial charge in [-0.05, 0) is 93.6 Å². The molecule has 0 radical (unpaired) electrons. The highest BCUT2D eigenvalue weighted by Gasteiger charge is 2.45. The molecule has 0 N–H and O–H groups in total. The first-order chi connectivity index (χ1) is 27.9. The Morgan fingerprint density at radius 2 is 0.661 bits per heavy atom. The number of hydrogen-bond donors (Lipinski definition) is 0. The monoisotopic (exact) mass is 962 g/mol. The lowest BCUT2D eigenvalue weighted by Crippen LogP contribution is -2.38. The summed E-state index contributed by atoms with van der Waals surface area (Å²) in [6, 6.07) is 0. The minimum atomic E-state index is -4.73. The summed E-state index contributed by atoms with van der Waals surface area (Å²) in [6.07, 6.45) is 11.6. The predicted molar refractivity (Wildman–Crippen MR) is 217 cm³/mol. The van der Waals surface area contributed by atoms with Crippen LogP contribution in [0.2, 0.25) is 0 Å². The van der Waals surface area contributed by atoms with Crippen molar-refractivity contribution in [3.63, 3.8) is 0 Å². The van der Waals surface area contributed by atoms with E-state index >= 15 is 0 Å². The van der Waals surface area contributed by atoms with Gasteiger partial charge in [0, 0.05) is 0 Å². The van der Waals surface area contributed by atoms with Crippen molar-refractivity contribution in [3.05, 3.63) is 0 Å². The van der Waals surface area contributed by atoms with Crippen LogP contribution < -0.4 is 0 Å². The van der Waals surface area contributed by atoms with Crippen LogP contribution in [0.5, 0.6) is 0 Å². The van der Waals surface area contributed by atoms with E-state index in [-0.39, 0.29) is 31.6 Å². The van der Waals surface area contributed by atoms with Crippen molar-refractivity contribution in [1.82, 2.24) is 0 Å². The van der Waals surface area contributed by atoms with E-state index < -0.39 is 103 Å². The van der Waals surface area contributed by atoms with Gasteiger partial charge in [0.05, 0.1) is 24.4 Å². The first-order valence-corrected chi connectivity index (χ1v) is 29.7. The molecule has 0 saturated heterocycles. The molecule has 0 aromatic rings. The molecule has 344 valence electrons. The second-order valence-corrected chi connectivity index (χ2v) is 25.2. The third-order valence-corrected chi connectivity index (χ3v) is 18.6. The maximum Gasteiger partial charge on any atom is 0.511 e. The zero-order valence-corrected chi connectivity index (χ0v) is 39.2. The van der Waals surface area contributed by atoms with Gasteiger partial charge in [-0.1, -0.05) is 86.1 Å². The van der Waals surface area contributed by atoms with Crippen molar-refractivity contribution in [3.8, 4) is 0 Å². The first-order valence-electron chi connectivity index (χ1n) is 21.1. The Hall–Kier alpha value is -0.320. The van der Waals surface area contributed by atoms with Crippen molar-refractivity contribution in [2.75, 3.05) is 12.3 Å². The maximum atomic E-state index is 13.3. The quantitative estimate of drug-likeness (QED) is 0.0349. The SMILES string of the molecule is CC(OC(O[P+](=O)CCCCC[P+](=O)OC(OC(C)S(=O)(=O)OC1CCCCC1)S(=O)(=O)OC1CCCCC1)S(=O)(=O)OC1CCCCC1)S(=O)(=O)OC1CCCCC1. The summed E-state index contributed by atoms with van der Waals surface area (Å²) in [5.74, 6) is 0. The highest BCUT2D eigenvalue weighted by Crippen LogP contribution is 2.36. The van der Waals surface area contributed by atoms with Gasteiger partial charge in [0.25, 0.3) is 20.2 Å². The molecule has 6 atom stereocenters. The van der Waals surface area contributed by atoms with Crippen LogP contribution in [0.25, 0.3) is 0 Å². The molecule has 0 heterocycles. The molecule has 24 heteroatoms. The summed E-state index contributed by atoms with van der Waals surface area (Å²) in [5.41, 5.74) is -8.25. The van der Waals surface area contributed by atoms with Gasteiger partial charge >= 0.3 is 47.5 Å². The summed E-state index contributed by atoms with van der Waals surface area (Å²) in [6.45, 7) is 2.21. The fourth-order valence-corrected chi connectivity index (χ4v) is 14.4. The Morgan fingerprint density at radius 1 is 0.407 bits per heavy atom. The molecule has 18 nitrogen and oxygen atoms in total. The number of rotatable bonds is 26. The fourth-order valence-electron chi connectivity index (χ4n) is 7.35. The normalized spacial score (nSPS) is 23.0. The summed E-state index contributed by atoms with van der Waals surface area (Å²) in [5, 5.41) is 0. The highest BCUT2D eigenvalue weighted by atomic mass is 32.2. The van der Waals surface area contributed by atoms with Crippen LogP contribution in [-0.4, -0.2) is 92.5 Å². The van der Waals surface area contributed by atoms with Gasteiger partial charge in [-0.15, -0.1) is 0 Å². The average Bonchev–Trinajstić information content (AvgIpc) is 3.18. The van der Waals surface area contributed by atoms with Crippen LogP contribution in [-0.2, 0) is 84.9 Å². The molecular formula is C35H64O18P2S4+2. The second-order valence-electron chi connectivity index (χ2n) is 15.8. The van der Waals surface area contributed by atoms with Crippen LogP contribution >= 0.6 is 16.1 Å². The topological polar surface area (TPSA) is 245 Å². The molecule has 4 rings (SSSR count). The smallest absolute Gasteiger partial charge is 0.313 e. The van der Waals surface area contributed by atoms with Crippen LogP contribution in [0.15, 0.2) is 0 Å². The van der Waals surface area contributed by atoms with Crippen molar-refractivity contribution >= 4 is 56.5 Å². The van der Waals surface area contributed by atoms with Gasteiger partial charge in [-0.2, -0.15) is 33.7 Å². The second kappa shape index (κ2) is 24.7. The van der Waals surface area contributed by atoms with Crippen molar-refractivity contribution < 1.29 is 78.1 Å². The molecule has 4 aliphatic carbocycles. The van der Waals surface area contributed by atoms with Crippen LogP contribution in [0.4, 0.5) is 0 Å². The van der Waals surface area contributed by atoms with Crippen LogP contribution in [0.3, 0.4) is 0 Å². The van der Waals surface area contributed by atoms with Crippen LogP contribution in [0.1, 0.15) is 162 Å². The minimum absolute atomic E-state index is 0.157. The van der Waals surface area contributed by atoms with E-state index in [1.54, 1.807) is 0 Å². The number of ether oxygens (including phenoxy) is 2. The Labute approximate surface area is 353 Å². The van der Waals surface area contributed by atoms with E-state index in [0.29, 0.717) is 51.4 Å². The summed E-state index contributed by atoms with van der Waals surface area (Å²) >= 11 is 0. The van der Waals surface area contributed by atoms with Crippen molar-refractivity contribution in [2.24, 2.45) is 0 Å². The van der Waals surface area contributed by atoms with Gasteiger partial charge in [-0.25, -0.2) is 0 Å². The molecule has 6 unspecified atom stereocenters. The molecule has 0 aliphatic heterocycles. The maximum absolute atomic E-state index is 13.3. The molecule has 4 saturated carbocycles. The summed E-state index contributed by atoms with van der Waals surface area (Å²) in [7, 11) is -23.8. The molecule has 59 heavy (non-hydrogen) atoms. The zero-order valence-electron chi connectivity index (χ0n) is 34.2. The van der Waals surface area contributed by atoms with E-state index in [1.807, 2.05) is 0 Å². The zero-order chi connectivity index (χ0) is 43.1. The predicted octanol–water partition coefficient (Wildman–Crippen LogP) is 7.68. The van der Waals surface area contributed by atoms with Gasteiger partial charge < -0.3 is 9.47 Å². The lowest BCUT2D eigenvalue weighted by molar-refractivity contribution is -0.0431. The van der Waals surface area contributed by atoms with Crippen LogP contribution in [0, 0.1) is 0 Å². The Bertz CT molecular complexity index is 1630. The molecule has 0 aromatic carbocycles. The van der Waals surface area contributed by atoms with Gasteiger partial charge in [0.1, 0.15) is 0 Å². The van der Waals surface area contributed by atoms with Gasteiger partial charge in [0.15, 0.2) is 23.2 Å². The summed E-state index contributed by atoms with van der Waals surface area (Å²) < 4.78 is 174. The summed E-state index contributed by atoms with van der Waals surface area (Å²) in [4.78, 5) is 0. The van der Waals surface area contributed by atoms with E-state index in [0.717, 1.165) is 90.9 Å². The fraction of sp³-hybridized carbons (Fsp3) is 1.00. The molecule has 0 spiro atoms. The van der Waals surface area contributed by atoms with Gasteiger partial charge in [0.2, 0.25) is 0 Å². The van der Waals surface area contributed by atoms with Crippen molar-refractivity contribution in [2.45, 2.75) is 208 Å². The highest BCUT2D eigenvalue weighted by molar-refractivity contribution is 7.88.